The molecule has 0 N–H and O–H groups in total. The lowest BCUT2D eigenvalue weighted by Gasteiger charge is -2.07. The van der Waals surface area contributed by atoms with E-state index in [1.165, 1.54) is 0 Å². The molecule has 0 fully saturated rings. The first-order valence-electron chi connectivity index (χ1n) is 5.05. The third-order valence-electron chi connectivity index (χ3n) is 2.75. The van der Waals surface area contributed by atoms with E-state index in [1.807, 2.05) is 0 Å². The predicted molar refractivity (Wildman–Crippen MR) is 68.8 cm³/mol. The predicted octanol–water partition coefficient (Wildman–Crippen LogP) is 2.40. The average Bonchev–Trinajstić information content (AvgIpc) is 3.00. The number of thiophene rings is 2. The fraction of sp³-hybridized carbons (Fsp3) is 0. The molecule has 0 aromatic carbocycles. The van der Waals surface area contributed by atoms with Crippen LogP contribution in [0.1, 0.15) is 30.5 Å². The first-order valence-corrected chi connectivity index (χ1v) is 6.75. The van der Waals surface area contributed by atoms with Gasteiger partial charge in [-0.1, -0.05) is 11.3 Å². The van der Waals surface area contributed by atoms with Crippen molar-refractivity contribution in [1.29, 1.82) is 0 Å². The van der Waals surface area contributed by atoms with E-state index in [1.54, 1.807) is 0 Å². The van der Waals surface area contributed by atoms with E-state index in [0.717, 1.165) is 22.8 Å². The van der Waals surface area contributed by atoms with Gasteiger partial charge in [-0.05, 0) is 0 Å². The molecule has 1 aliphatic carbocycles. The molecule has 3 rings (SSSR count). The zero-order valence-corrected chi connectivity index (χ0v) is 10.9. The Morgan fingerprint density at radius 1 is 1.00 bits per heavy atom. The van der Waals surface area contributed by atoms with Crippen LogP contribution in [-0.2, 0) is 0 Å². The normalized spacial score (nSPS) is 13.0. The van der Waals surface area contributed by atoms with Gasteiger partial charge < -0.3 is 0 Å². The molecule has 0 saturated heterocycles. The van der Waals surface area contributed by atoms with Gasteiger partial charge in [0.25, 0.3) is 5.69 Å². The molecule has 0 saturated carbocycles. The molecule has 0 spiro atoms. The lowest BCUT2D eigenvalue weighted by atomic mass is 9.95. The summed E-state index contributed by atoms with van der Waals surface area (Å²) in [6, 6.07) is 1.04. The van der Waals surface area contributed by atoms with Crippen molar-refractivity contribution in [2.24, 2.45) is 0 Å². The molecular formula is C10H2N2O6S2. The second kappa shape index (κ2) is 4.02. The molecule has 2 aromatic rings. The van der Waals surface area contributed by atoms with E-state index in [-0.39, 0.29) is 25.9 Å². The molecule has 8 nitrogen and oxygen atoms in total. The molecule has 0 aliphatic heterocycles. The second-order valence-electron chi connectivity index (χ2n) is 3.82. The first kappa shape index (κ1) is 12.6. The summed E-state index contributed by atoms with van der Waals surface area (Å²) in [4.78, 5) is 44.3. The van der Waals surface area contributed by atoms with E-state index >= 15 is 0 Å². The number of fused-ring (bicyclic) bond motifs is 2. The van der Waals surface area contributed by atoms with Gasteiger partial charge in [0, 0.05) is 6.07 Å². The summed E-state index contributed by atoms with van der Waals surface area (Å²) in [7, 11) is 0. The Labute approximate surface area is 117 Å². The smallest absolute Gasteiger partial charge is 0.288 e. The molecule has 0 atom stereocenters. The molecule has 1 aliphatic rings. The Balaban J connectivity index is 2.26. The van der Waals surface area contributed by atoms with Crippen molar-refractivity contribution in [3.8, 4) is 0 Å². The lowest BCUT2D eigenvalue weighted by molar-refractivity contribution is -0.384. The average molecular weight is 310 g/mol. The Bertz CT molecular complexity index is 814. The summed E-state index contributed by atoms with van der Waals surface area (Å²) >= 11 is 1.35. The number of nitrogens with zero attached hydrogens (tertiary/aromatic N) is 2. The van der Waals surface area contributed by atoms with Gasteiger partial charge in [-0.3, -0.25) is 29.8 Å². The van der Waals surface area contributed by atoms with Crippen molar-refractivity contribution < 1.29 is 19.4 Å². The molecule has 0 unspecified atom stereocenters. The van der Waals surface area contributed by atoms with Crippen LogP contribution in [-0.4, -0.2) is 21.4 Å². The summed E-state index contributed by atoms with van der Waals surface area (Å²) in [6.07, 6.45) is 0. The number of ketones is 2. The summed E-state index contributed by atoms with van der Waals surface area (Å²) < 4.78 is 0. The number of nitro groups is 2. The van der Waals surface area contributed by atoms with Gasteiger partial charge in [0.05, 0.1) is 30.5 Å². The first-order chi connectivity index (χ1) is 9.41. The Hall–Kier alpha value is -2.46. The third kappa shape index (κ3) is 1.52. The largest absolute Gasteiger partial charge is 0.325 e. The number of hydrogen-bond donors (Lipinski definition) is 0. The fourth-order valence-corrected chi connectivity index (χ4v) is 3.79. The Morgan fingerprint density at radius 3 is 2.30 bits per heavy atom. The molecular weight excluding hydrogens is 308 g/mol. The van der Waals surface area contributed by atoms with Gasteiger partial charge in [0.1, 0.15) is 5.56 Å². The molecule has 0 bridgehead atoms. The highest BCUT2D eigenvalue weighted by atomic mass is 32.1. The van der Waals surface area contributed by atoms with Crippen LogP contribution in [0.3, 0.4) is 0 Å². The molecule has 10 heteroatoms. The van der Waals surface area contributed by atoms with Crippen LogP contribution in [0.4, 0.5) is 10.7 Å². The van der Waals surface area contributed by atoms with Crippen LogP contribution in [0.25, 0.3) is 0 Å². The summed E-state index contributed by atoms with van der Waals surface area (Å²) in [5.41, 5.74) is -0.768. The summed E-state index contributed by atoms with van der Waals surface area (Å²) in [5.74, 6) is -1.29. The van der Waals surface area contributed by atoms with Gasteiger partial charge in [-0.2, -0.15) is 0 Å². The Kier molecular flexibility index (Phi) is 2.52. The second-order valence-corrected chi connectivity index (χ2v) is 5.74. The number of carbonyl (C=O) groups excluding carboxylic acids is 2. The van der Waals surface area contributed by atoms with Gasteiger partial charge in [-0.25, -0.2) is 0 Å². The summed E-state index contributed by atoms with van der Waals surface area (Å²) in [5, 5.41) is 22.4. The van der Waals surface area contributed by atoms with Gasteiger partial charge in [0.15, 0.2) is 0 Å². The topological polar surface area (TPSA) is 120 Å². The lowest BCUT2D eigenvalue weighted by Crippen LogP contribution is -2.17. The summed E-state index contributed by atoms with van der Waals surface area (Å²) in [6.45, 7) is 0. The highest BCUT2D eigenvalue weighted by Crippen LogP contribution is 2.42. The van der Waals surface area contributed by atoms with Crippen molar-refractivity contribution in [3.63, 3.8) is 0 Å². The van der Waals surface area contributed by atoms with Crippen LogP contribution < -0.4 is 0 Å². The molecule has 0 radical (unpaired) electrons. The van der Waals surface area contributed by atoms with Crippen LogP contribution >= 0.6 is 22.7 Å². The highest BCUT2D eigenvalue weighted by Gasteiger charge is 2.40. The van der Waals surface area contributed by atoms with E-state index in [2.05, 4.69) is 0 Å². The highest BCUT2D eigenvalue weighted by molar-refractivity contribution is 7.19. The minimum absolute atomic E-state index is 0.0399. The maximum atomic E-state index is 12.2. The molecule has 2 aromatic heterocycles. The zero-order chi connectivity index (χ0) is 14.6. The molecule has 20 heavy (non-hydrogen) atoms. The van der Waals surface area contributed by atoms with Crippen molar-refractivity contribution >= 4 is 44.9 Å². The fourth-order valence-electron chi connectivity index (χ4n) is 1.91. The maximum Gasteiger partial charge on any atom is 0.325 e. The number of rotatable bonds is 2. The third-order valence-corrected chi connectivity index (χ3v) is 4.80. The van der Waals surface area contributed by atoms with Crippen molar-refractivity contribution in [2.45, 2.75) is 0 Å². The SMILES string of the molecule is O=C1c2cc([N+](=O)[O-])sc2C(=O)c2c([N+](=O)[O-])csc21. The van der Waals surface area contributed by atoms with Gasteiger partial charge in [0.2, 0.25) is 11.6 Å². The number of hydrogen-bond acceptors (Lipinski definition) is 8. The van der Waals surface area contributed by atoms with E-state index in [0.29, 0.717) is 11.3 Å². The minimum atomic E-state index is -0.743. The Morgan fingerprint density at radius 2 is 1.70 bits per heavy atom. The standard InChI is InChI=1S/C10H2N2O6S2/c13-7-3-1-5(12(17)18)20-9(3)8(14)6-4(11(15)16)2-19-10(6)7/h1-2H. The van der Waals surface area contributed by atoms with Crippen LogP contribution in [0.15, 0.2) is 11.4 Å². The quantitative estimate of drug-likeness (QED) is 0.529. The zero-order valence-electron chi connectivity index (χ0n) is 9.32. The van der Waals surface area contributed by atoms with Crippen LogP contribution in [0.5, 0.6) is 0 Å². The molecule has 2 heterocycles. The maximum absolute atomic E-state index is 12.2. The molecule has 0 amide bonds. The van der Waals surface area contributed by atoms with Gasteiger partial charge in [-0.15, -0.1) is 11.3 Å². The van der Waals surface area contributed by atoms with E-state index in [9.17, 15) is 29.8 Å². The van der Waals surface area contributed by atoms with Crippen molar-refractivity contribution in [1.82, 2.24) is 0 Å². The minimum Gasteiger partial charge on any atom is -0.288 e. The van der Waals surface area contributed by atoms with Crippen molar-refractivity contribution in [2.75, 3.05) is 0 Å². The monoisotopic (exact) mass is 310 g/mol. The van der Waals surface area contributed by atoms with Crippen molar-refractivity contribution in [3.05, 3.63) is 52.6 Å². The number of carbonyl (C=O) groups is 2. The van der Waals surface area contributed by atoms with E-state index in [4.69, 9.17) is 0 Å². The van der Waals surface area contributed by atoms with Crippen LogP contribution in [0, 0.1) is 20.2 Å². The van der Waals surface area contributed by atoms with Gasteiger partial charge >= 0.3 is 5.00 Å². The molecule has 100 valence electrons. The van der Waals surface area contributed by atoms with E-state index < -0.39 is 27.1 Å². The van der Waals surface area contributed by atoms with Crippen LogP contribution in [0.2, 0.25) is 0 Å².